The molecule has 1 aromatic carbocycles. The molecule has 1 N–H and O–H groups in total. The largest absolute Gasteiger partial charge is 0.416 e. The van der Waals surface area contributed by atoms with E-state index < -0.39 is 23.6 Å². The minimum Gasteiger partial charge on any atom is -0.338 e. The lowest BCUT2D eigenvalue weighted by atomic mass is 9.94. The molecule has 0 radical (unpaired) electrons. The normalized spacial score (nSPS) is 17.5. The second-order valence-corrected chi connectivity index (χ2v) is 8.45. The minimum absolute atomic E-state index is 0.108. The summed E-state index contributed by atoms with van der Waals surface area (Å²) in [6.07, 6.45) is 0.577. The quantitative estimate of drug-likeness (QED) is 0.803. The molecule has 9 heteroatoms. The summed E-state index contributed by atoms with van der Waals surface area (Å²) in [5, 5.41) is 2.42. The first-order valence-electron chi connectivity index (χ1n) is 10.1. The van der Waals surface area contributed by atoms with E-state index in [1.165, 1.54) is 36.0 Å². The van der Waals surface area contributed by atoms with Gasteiger partial charge in [0.1, 0.15) is 0 Å². The zero-order valence-corrected chi connectivity index (χ0v) is 17.0. The Hall–Kier alpha value is -3.10. The molecule has 0 atom stereocenters. The molecule has 1 saturated heterocycles. The van der Waals surface area contributed by atoms with Crippen LogP contribution in [-0.2, 0) is 13.2 Å². The molecule has 2 aliphatic rings. The van der Waals surface area contributed by atoms with Crippen molar-refractivity contribution in [1.29, 1.82) is 0 Å². The van der Waals surface area contributed by atoms with Gasteiger partial charge in [-0.2, -0.15) is 13.2 Å². The maximum atomic E-state index is 13.5. The Morgan fingerprint density at radius 1 is 1.06 bits per heavy atom. The van der Waals surface area contributed by atoms with Gasteiger partial charge in [0.15, 0.2) is 0 Å². The number of nitrogens with zero attached hydrogens (tertiary/aromatic N) is 2. The van der Waals surface area contributed by atoms with E-state index in [9.17, 15) is 27.6 Å². The molecule has 4 rings (SSSR count). The van der Waals surface area contributed by atoms with Crippen molar-refractivity contribution in [1.82, 2.24) is 9.47 Å². The number of aryl methyl sites for hydroxylation is 1. The van der Waals surface area contributed by atoms with E-state index in [0.717, 1.165) is 37.8 Å². The SMILES string of the molecule is Cn1cc(C(=O)Nc2cc(C(=O)N3CCCC4(CC4)C3)cc(C(F)(F)F)c2)ccc1=O. The monoisotopic (exact) mass is 433 g/mol. The number of hydrogen-bond acceptors (Lipinski definition) is 3. The van der Waals surface area contributed by atoms with Crippen LogP contribution in [0.1, 0.15) is 52.0 Å². The molecule has 1 spiro atoms. The number of piperidine rings is 1. The van der Waals surface area contributed by atoms with Gasteiger partial charge >= 0.3 is 6.18 Å². The van der Waals surface area contributed by atoms with Crippen LogP contribution >= 0.6 is 0 Å². The van der Waals surface area contributed by atoms with E-state index in [0.29, 0.717) is 13.1 Å². The van der Waals surface area contributed by atoms with Crippen molar-refractivity contribution in [3.05, 3.63) is 63.6 Å². The average Bonchev–Trinajstić information content (AvgIpc) is 3.46. The second-order valence-electron chi connectivity index (χ2n) is 8.45. The summed E-state index contributed by atoms with van der Waals surface area (Å²) < 4.78 is 41.6. The lowest BCUT2D eigenvalue weighted by Gasteiger charge is -2.33. The highest BCUT2D eigenvalue weighted by Gasteiger charge is 2.46. The van der Waals surface area contributed by atoms with Gasteiger partial charge in [-0.15, -0.1) is 0 Å². The van der Waals surface area contributed by atoms with Gasteiger partial charge in [-0.1, -0.05) is 0 Å². The van der Waals surface area contributed by atoms with E-state index in [2.05, 4.69) is 5.32 Å². The standard InChI is InChI=1S/C22H22F3N3O3/c1-27-12-14(3-4-18(27)29)19(30)26-17-10-15(9-16(11-17)22(23,24)25)20(31)28-8-2-5-21(13-28)6-7-21/h3-4,9-12H,2,5-8,13H2,1H3,(H,26,30). The molecule has 1 saturated carbocycles. The number of hydrogen-bond donors (Lipinski definition) is 1. The van der Waals surface area contributed by atoms with Gasteiger partial charge in [-0.25, -0.2) is 0 Å². The molecule has 1 aliphatic carbocycles. The number of halogens is 3. The smallest absolute Gasteiger partial charge is 0.338 e. The van der Waals surface area contributed by atoms with Gasteiger partial charge in [-0.05, 0) is 55.4 Å². The predicted octanol–water partition coefficient (Wildman–Crippen LogP) is 3.67. The molecule has 2 amide bonds. The molecular weight excluding hydrogens is 411 g/mol. The van der Waals surface area contributed by atoms with Crippen LogP contribution < -0.4 is 10.9 Å². The van der Waals surface area contributed by atoms with Crippen molar-refractivity contribution >= 4 is 17.5 Å². The van der Waals surface area contributed by atoms with E-state index in [4.69, 9.17) is 0 Å². The molecule has 2 fully saturated rings. The highest BCUT2D eigenvalue weighted by Crippen LogP contribution is 2.52. The summed E-state index contributed by atoms with van der Waals surface area (Å²) >= 11 is 0. The third-order valence-corrected chi connectivity index (χ3v) is 6.02. The first kappa shape index (κ1) is 21.1. The Morgan fingerprint density at radius 2 is 1.81 bits per heavy atom. The number of likely N-dealkylation sites (tertiary alicyclic amines) is 1. The van der Waals surface area contributed by atoms with Crippen molar-refractivity contribution in [3.63, 3.8) is 0 Å². The highest BCUT2D eigenvalue weighted by atomic mass is 19.4. The Kier molecular flexibility index (Phi) is 5.15. The third-order valence-electron chi connectivity index (χ3n) is 6.02. The van der Waals surface area contributed by atoms with E-state index in [1.807, 2.05) is 0 Å². The van der Waals surface area contributed by atoms with Gasteiger partial charge in [0, 0.05) is 43.7 Å². The van der Waals surface area contributed by atoms with Gasteiger partial charge in [0.25, 0.3) is 11.8 Å². The van der Waals surface area contributed by atoms with E-state index in [-0.39, 0.29) is 27.8 Å². The summed E-state index contributed by atoms with van der Waals surface area (Å²) in [7, 11) is 1.46. The predicted molar refractivity (Wildman–Crippen MR) is 108 cm³/mol. The van der Waals surface area contributed by atoms with Crippen molar-refractivity contribution in [2.75, 3.05) is 18.4 Å². The van der Waals surface area contributed by atoms with Crippen LogP contribution in [0.5, 0.6) is 0 Å². The van der Waals surface area contributed by atoms with Crippen molar-refractivity contribution in [2.24, 2.45) is 12.5 Å². The zero-order chi connectivity index (χ0) is 22.4. The van der Waals surface area contributed by atoms with Crippen molar-refractivity contribution in [2.45, 2.75) is 31.9 Å². The molecule has 164 valence electrons. The lowest BCUT2D eigenvalue weighted by Crippen LogP contribution is -2.40. The molecule has 6 nitrogen and oxygen atoms in total. The maximum Gasteiger partial charge on any atom is 0.416 e. The summed E-state index contributed by atoms with van der Waals surface area (Å²) in [5.74, 6) is -1.14. The number of aromatic nitrogens is 1. The minimum atomic E-state index is -4.67. The first-order chi connectivity index (χ1) is 14.6. The van der Waals surface area contributed by atoms with Crippen LogP contribution in [0.3, 0.4) is 0 Å². The van der Waals surface area contributed by atoms with Crippen LogP contribution in [0, 0.1) is 5.41 Å². The second kappa shape index (κ2) is 7.55. The molecule has 0 bridgehead atoms. The topological polar surface area (TPSA) is 71.4 Å². The van der Waals surface area contributed by atoms with E-state index in [1.54, 1.807) is 4.90 Å². The van der Waals surface area contributed by atoms with Gasteiger partial charge in [0.05, 0.1) is 11.1 Å². The van der Waals surface area contributed by atoms with Crippen LogP contribution in [0.4, 0.5) is 18.9 Å². The highest BCUT2D eigenvalue weighted by molar-refractivity contribution is 6.05. The molecular formula is C22H22F3N3O3. The molecule has 1 aromatic heterocycles. The fraction of sp³-hybridized carbons (Fsp3) is 0.409. The Labute approximate surface area is 176 Å². The number of carbonyl (C=O) groups is 2. The summed E-state index contributed by atoms with van der Waals surface area (Å²) in [6.45, 7) is 1.07. The number of nitrogens with one attached hydrogen (secondary N) is 1. The zero-order valence-electron chi connectivity index (χ0n) is 17.0. The van der Waals surface area contributed by atoms with Crippen molar-refractivity contribution < 1.29 is 22.8 Å². The van der Waals surface area contributed by atoms with Gasteiger partial charge < -0.3 is 14.8 Å². The summed E-state index contributed by atoms with van der Waals surface area (Å²) in [6, 6.07) is 5.39. The molecule has 0 unspecified atom stereocenters. The molecule has 2 heterocycles. The molecule has 1 aliphatic heterocycles. The van der Waals surface area contributed by atoms with Crippen LogP contribution in [0.15, 0.2) is 41.3 Å². The Morgan fingerprint density at radius 3 is 2.45 bits per heavy atom. The van der Waals surface area contributed by atoms with Crippen LogP contribution in [-0.4, -0.2) is 34.4 Å². The van der Waals surface area contributed by atoms with Crippen LogP contribution in [0.2, 0.25) is 0 Å². The first-order valence-corrected chi connectivity index (χ1v) is 10.1. The number of benzene rings is 1. The van der Waals surface area contributed by atoms with Gasteiger partial charge in [-0.3, -0.25) is 14.4 Å². The fourth-order valence-electron chi connectivity index (χ4n) is 4.07. The average molecular weight is 433 g/mol. The van der Waals surface area contributed by atoms with Gasteiger partial charge in [0.2, 0.25) is 5.56 Å². The van der Waals surface area contributed by atoms with Crippen LogP contribution in [0.25, 0.3) is 0 Å². The summed E-state index contributed by atoms with van der Waals surface area (Å²) in [4.78, 5) is 38.6. The Balaban J connectivity index is 1.63. The number of pyridine rings is 1. The molecule has 2 aromatic rings. The Bertz CT molecular complexity index is 1100. The third kappa shape index (κ3) is 4.50. The van der Waals surface area contributed by atoms with E-state index >= 15 is 0 Å². The molecule has 31 heavy (non-hydrogen) atoms. The number of alkyl halides is 3. The number of amides is 2. The maximum absolute atomic E-state index is 13.5. The number of rotatable bonds is 3. The number of anilines is 1. The number of carbonyl (C=O) groups excluding carboxylic acids is 2. The van der Waals surface area contributed by atoms with Crippen molar-refractivity contribution in [3.8, 4) is 0 Å². The summed E-state index contributed by atoms with van der Waals surface area (Å²) in [5.41, 5.74) is -1.32. The fourth-order valence-corrected chi connectivity index (χ4v) is 4.07. The lowest BCUT2D eigenvalue weighted by molar-refractivity contribution is -0.137.